The summed E-state index contributed by atoms with van der Waals surface area (Å²) in [7, 11) is 1.64. The summed E-state index contributed by atoms with van der Waals surface area (Å²) >= 11 is 4.53. The van der Waals surface area contributed by atoms with Crippen molar-refractivity contribution in [1.82, 2.24) is 9.97 Å². The first kappa shape index (κ1) is 22.4. The Balaban J connectivity index is 1.40. The minimum absolute atomic E-state index is 0.253. The van der Waals surface area contributed by atoms with Gasteiger partial charge in [-0.15, -0.1) is 29.3 Å². The smallest absolute Gasteiger partial charge is 0.267 e. The van der Waals surface area contributed by atoms with Gasteiger partial charge in [0.25, 0.3) is 5.91 Å². The topological polar surface area (TPSA) is 90.1 Å². The van der Waals surface area contributed by atoms with Crippen molar-refractivity contribution in [3.8, 4) is 17.0 Å². The van der Waals surface area contributed by atoms with Gasteiger partial charge in [0.05, 0.1) is 28.7 Å². The number of amides is 1. The van der Waals surface area contributed by atoms with Crippen LogP contribution in [0.5, 0.6) is 5.75 Å². The van der Waals surface area contributed by atoms with E-state index >= 15 is 0 Å². The Morgan fingerprint density at radius 3 is 2.74 bits per heavy atom. The highest BCUT2D eigenvalue weighted by Crippen LogP contribution is 2.36. The van der Waals surface area contributed by atoms with E-state index in [0.717, 1.165) is 47.5 Å². The number of pyridine rings is 1. The highest BCUT2D eigenvalue weighted by Gasteiger charge is 2.18. The fourth-order valence-electron chi connectivity index (χ4n) is 3.45. The molecule has 0 spiro atoms. The number of ether oxygens (including phenoxy) is 1. The van der Waals surface area contributed by atoms with Crippen molar-refractivity contribution in [3.05, 3.63) is 72.1 Å². The van der Waals surface area contributed by atoms with Gasteiger partial charge < -0.3 is 15.8 Å². The molecular formula is C25H20N4O2S3. The molecule has 0 aliphatic carbocycles. The van der Waals surface area contributed by atoms with E-state index in [9.17, 15) is 4.79 Å². The first-order valence-electron chi connectivity index (χ1n) is 10.3. The number of anilines is 2. The summed E-state index contributed by atoms with van der Waals surface area (Å²) in [6.45, 7) is 3.74. The number of methoxy groups -OCH3 is 1. The minimum atomic E-state index is -0.253. The molecule has 0 radical (unpaired) electrons. The van der Waals surface area contributed by atoms with E-state index in [1.54, 1.807) is 30.2 Å². The molecule has 9 heteroatoms. The van der Waals surface area contributed by atoms with Gasteiger partial charge in [-0.25, -0.2) is 9.97 Å². The molecule has 34 heavy (non-hydrogen) atoms. The maximum Gasteiger partial charge on any atom is 0.267 e. The second-order valence-electron chi connectivity index (χ2n) is 7.34. The number of carbonyl (C=O) groups excluding carboxylic acids is 1. The van der Waals surface area contributed by atoms with Gasteiger partial charge >= 0.3 is 0 Å². The van der Waals surface area contributed by atoms with Crippen molar-refractivity contribution in [3.63, 3.8) is 0 Å². The second kappa shape index (κ2) is 9.46. The molecule has 0 saturated heterocycles. The van der Waals surface area contributed by atoms with E-state index in [-0.39, 0.29) is 5.91 Å². The first-order valence-corrected chi connectivity index (χ1v) is 13.0. The Kier molecular flexibility index (Phi) is 6.23. The number of nitrogens with zero attached hydrogens (tertiary/aromatic N) is 2. The Hall–Kier alpha value is -3.40. The summed E-state index contributed by atoms with van der Waals surface area (Å²) in [5.41, 5.74) is 10.2. The van der Waals surface area contributed by atoms with Gasteiger partial charge in [-0.05, 0) is 54.6 Å². The predicted octanol–water partition coefficient (Wildman–Crippen LogP) is 6.69. The Morgan fingerprint density at radius 1 is 1.15 bits per heavy atom. The van der Waals surface area contributed by atoms with E-state index in [4.69, 9.17) is 15.5 Å². The molecule has 1 amide bonds. The average molecular weight is 505 g/mol. The van der Waals surface area contributed by atoms with Gasteiger partial charge in [0.2, 0.25) is 0 Å². The standard InChI is InChI=1S/C25H20N4O2S3/c1-3-12-32-25-29-19-10-6-15(13-20(19)33-25)27-23(30)22-21(26)17-9-11-18(28-24(17)34-22)14-4-7-16(31-2)8-5-14/h3-11,13H,1,12,26H2,2H3,(H,27,30). The number of aromatic nitrogens is 2. The number of nitrogen functional groups attached to an aromatic ring is 1. The van der Waals surface area contributed by atoms with Crippen LogP contribution in [0.2, 0.25) is 0 Å². The largest absolute Gasteiger partial charge is 0.497 e. The third-order valence-electron chi connectivity index (χ3n) is 5.14. The number of thiazole rings is 1. The molecule has 0 aliphatic rings. The molecule has 3 aromatic heterocycles. The van der Waals surface area contributed by atoms with Gasteiger partial charge in [0.15, 0.2) is 4.34 Å². The lowest BCUT2D eigenvalue weighted by Gasteiger charge is -2.04. The molecule has 5 aromatic rings. The van der Waals surface area contributed by atoms with Crippen molar-refractivity contribution in [1.29, 1.82) is 0 Å². The van der Waals surface area contributed by atoms with Crippen molar-refractivity contribution < 1.29 is 9.53 Å². The lowest BCUT2D eigenvalue weighted by Crippen LogP contribution is -2.11. The zero-order chi connectivity index (χ0) is 23.7. The fraction of sp³-hybridized carbons (Fsp3) is 0.0800. The third-order valence-corrected chi connectivity index (χ3v) is 8.41. The number of thiophene rings is 1. The van der Waals surface area contributed by atoms with Gasteiger partial charge in [0.1, 0.15) is 15.5 Å². The summed E-state index contributed by atoms with van der Waals surface area (Å²) < 4.78 is 7.21. The molecule has 2 aromatic carbocycles. The monoisotopic (exact) mass is 504 g/mol. The normalized spacial score (nSPS) is 11.1. The van der Waals surface area contributed by atoms with Crippen molar-refractivity contribution in [2.24, 2.45) is 0 Å². The van der Waals surface area contributed by atoms with Crippen LogP contribution in [0.1, 0.15) is 9.67 Å². The minimum Gasteiger partial charge on any atom is -0.497 e. The van der Waals surface area contributed by atoms with E-state index in [1.165, 1.54) is 11.3 Å². The number of benzene rings is 2. The molecule has 5 rings (SSSR count). The Morgan fingerprint density at radius 2 is 1.97 bits per heavy atom. The average Bonchev–Trinajstić information content (AvgIpc) is 3.42. The number of thioether (sulfide) groups is 1. The third kappa shape index (κ3) is 4.37. The maximum atomic E-state index is 13.1. The highest BCUT2D eigenvalue weighted by atomic mass is 32.2. The predicted molar refractivity (Wildman–Crippen MR) is 145 cm³/mol. The molecule has 170 valence electrons. The molecule has 0 aliphatic heterocycles. The van der Waals surface area contributed by atoms with E-state index in [2.05, 4.69) is 16.9 Å². The SMILES string of the molecule is C=CCSc1nc2ccc(NC(=O)c3sc4nc(-c5ccc(OC)cc5)ccc4c3N)cc2s1. The van der Waals surface area contributed by atoms with E-state index in [1.807, 2.05) is 60.7 Å². The number of fused-ring (bicyclic) bond motifs is 2. The molecule has 3 N–H and O–H groups in total. The lowest BCUT2D eigenvalue weighted by molar-refractivity contribution is 0.103. The Labute approximate surface area is 208 Å². The summed E-state index contributed by atoms with van der Waals surface area (Å²) in [6, 6.07) is 17.2. The highest BCUT2D eigenvalue weighted by molar-refractivity contribution is 8.01. The molecule has 6 nitrogen and oxygen atoms in total. The number of nitrogens with one attached hydrogen (secondary N) is 1. The number of rotatable bonds is 7. The van der Waals surface area contributed by atoms with Crippen LogP contribution in [0.15, 0.2) is 71.6 Å². The van der Waals surface area contributed by atoms with Crippen molar-refractivity contribution in [2.75, 3.05) is 23.9 Å². The van der Waals surface area contributed by atoms with Crippen molar-refractivity contribution >= 4 is 72.2 Å². The summed E-state index contributed by atoms with van der Waals surface area (Å²) in [6.07, 6.45) is 1.85. The van der Waals surface area contributed by atoms with Crippen LogP contribution in [0.3, 0.4) is 0 Å². The number of nitrogens with two attached hydrogens (primary N) is 1. The first-order chi connectivity index (χ1) is 16.6. The van der Waals surface area contributed by atoms with Crippen LogP contribution >= 0.6 is 34.4 Å². The van der Waals surface area contributed by atoms with Crippen LogP contribution in [0.25, 0.3) is 31.7 Å². The second-order valence-corrected chi connectivity index (χ2v) is 10.6. The van der Waals surface area contributed by atoms with Crippen LogP contribution < -0.4 is 15.8 Å². The molecule has 0 unspecified atom stereocenters. The van der Waals surface area contributed by atoms with Gasteiger partial charge in [-0.2, -0.15) is 0 Å². The lowest BCUT2D eigenvalue weighted by atomic mass is 10.1. The van der Waals surface area contributed by atoms with Gasteiger partial charge in [0, 0.05) is 22.4 Å². The zero-order valence-corrected chi connectivity index (χ0v) is 20.7. The van der Waals surface area contributed by atoms with Gasteiger partial charge in [-0.1, -0.05) is 17.8 Å². The quantitative estimate of drug-likeness (QED) is 0.189. The van der Waals surface area contributed by atoms with Gasteiger partial charge in [-0.3, -0.25) is 4.79 Å². The zero-order valence-electron chi connectivity index (χ0n) is 18.2. The maximum absolute atomic E-state index is 13.1. The van der Waals surface area contributed by atoms with Crippen LogP contribution in [0, 0.1) is 0 Å². The molecule has 0 saturated carbocycles. The number of carbonyl (C=O) groups is 1. The summed E-state index contributed by atoms with van der Waals surface area (Å²) in [5.74, 6) is 1.34. The van der Waals surface area contributed by atoms with Crippen LogP contribution in [0.4, 0.5) is 11.4 Å². The fourth-order valence-corrected chi connectivity index (χ4v) is 6.31. The molecule has 3 heterocycles. The van der Waals surface area contributed by atoms with E-state index in [0.29, 0.717) is 16.3 Å². The van der Waals surface area contributed by atoms with Crippen LogP contribution in [-0.4, -0.2) is 28.7 Å². The number of hydrogen-bond acceptors (Lipinski definition) is 8. The Bertz CT molecular complexity index is 1520. The number of hydrogen-bond donors (Lipinski definition) is 2. The summed E-state index contributed by atoms with van der Waals surface area (Å²) in [5, 5.41) is 3.74. The van der Waals surface area contributed by atoms with Crippen LogP contribution in [-0.2, 0) is 0 Å². The molecule has 0 bridgehead atoms. The molecular weight excluding hydrogens is 485 g/mol. The summed E-state index contributed by atoms with van der Waals surface area (Å²) in [4.78, 5) is 23.6. The molecule has 0 fully saturated rings. The van der Waals surface area contributed by atoms with E-state index < -0.39 is 0 Å². The van der Waals surface area contributed by atoms with Crippen molar-refractivity contribution in [2.45, 2.75) is 4.34 Å². The molecule has 0 atom stereocenters.